The zero-order valence-corrected chi connectivity index (χ0v) is 19.0. The molecule has 0 aliphatic rings. The lowest BCUT2D eigenvalue weighted by atomic mass is 10.1. The normalized spacial score (nSPS) is 11.1. The molecule has 0 aliphatic heterocycles. The summed E-state index contributed by atoms with van der Waals surface area (Å²) in [6.07, 6.45) is 12.0. The van der Waals surface area contributed by atoms with E-state index in [4.69, 9.17) is 8.92 Å². The van der Waals surface area contributed by atoms with Gasteiger partial charge >= 0.3 is 10.1 Å². The highest BCUT2D eigenvalue weighted by Gasteiger charge is 2.20. The Bertz CT molecular complexity index is 794. The highest BCUT2D eigenvalue weighted by molar-refractivity contribution is 7.86. The molecule has 0 heterocycles. The Morgan fingerprint density at radius 1 is 0.700 bits per heavy atom. The zero-order valence-electron chi connectivity index (χ0n) is 18.2. The van der Waals surface area contributed by atoms with Gasteiger partial charge in [0.1, 0.15) is 16.4 Å². The van der Waals surface area contributed by atoms with E-state index in [-0.39, 0.29) is 23.4 Å². The van der Waals surface area contributed by atoms with Crippen molar-refractivity contribution in [3.63, 3.8) is 0 Å². The first-order chi connectivity index (χ1) is 14.1. The van der Waals surface area contributed by atoms with Gasteiger partial charge in [-0.25, -0.2) is 0 Å². The number of ether oxygens (including phenoxy) is 1. The van der Waals surface area contributed by atoms with E-state index in [1.54, 1.807) is 30.3 Å². The van der Waals surface area contributed by atoms with Crippen molar-refractivity contribution in [2.45, 2.75) is 76.0 Å². The summed E-state index contributed by atoms with van der Waals surface area (Å²) in [6, 6.07) is 15.7. The van der Waals surface area contributed by atoms with Gasteiger partial charge in [0.15, 0.2) is 0 Å². The Hall–Kier alpha value is -1.89. The zero-order chi connectivity index (χ0) is 20.8. The number of hydrogen-bond donors (Lipinski definition) is 1. The van der Waals surface area contributed by atoms with Crippen LogP contribution in [0.15, 0.2) is 59.5 Å². The average Bonchev–Trinajstić information content (AvgIpc) is 2.73. The third-order valence-corrected chi connectivity index (χ3v) is 6.18. The fourth-order valence-electron chi connectivity index (χ4n) is 3.18. The smallest absolute Gasteiger partial charge is 0.300 e. The van der Waals surface area contributed by atoms with E-state index in [1.807, 2.05) is 18.2 Å². The summed E-state index contributed by atoms with van der Waals surface area (Å²) < 4.78 is 36.2. The summed E-state index contributed by atoms with van der Waals surface area (Å²) >= 11 is 0. The molecule has 0 amide bonds. The molecule has 0 unspecified atom stereocenters. The predicted molar refractivity (Wildman–Crippen MR) is 123 cm³/mol. The van der Waals surface area contributed by atoms with E-state index >= 15 is 0 Å². The molecule has 0 radical (unpaired) electrons. The average molecular weight is 436 g/mol. The summed E-state index contributed by atoms with van der Waals surface area (Å²) in [5, 5.41) is 0. The lowest BCUT2D eigenvalue weighted by Crippen LogP contribution is -2.09. The molecule has 0 aliphatic carbocycles. The second kappa shape index (κ2) is 15.0. The SMILES string of the molecule is CCCCCCCCCCCCOS(=O)(=O)c1ccccc1Oc1ccccc1.N. The molecule has 0 spiro atoms. The van der Waals surface area contributed by atoms with Crippen molar-refractivity contribution in [3.8, 4) is 11.5 Å². The maximum atomic E-state index is 12.6. The van der Waals surface area contributed by atoms with Gasteiger partial charge in [0, 0.05) is 0 Å². The number of benzene rings is 2. The second-order valence-corrected chi connectivity index (χ2v) is 8.90. The summed E-state index contributed by atoms with van der Waals surface area (Å²) in [5.74, 6) is 0.867. The van der Waals surface area contributed by atoms with Crippen molar-refractivity contribution in [2.75, 3.05) is 6.61 Å². The summed E-state index contributed by atoms with van der Waals surface area (Å²) in [5.41, 5.74) is 0. The van der Waals surface area contributed by atoms with E-state index in [0.29, 0.717) is 5.75 Å². The van der Waals surface area contributed by atoms with E-state index in [9.17, 15) is 8.42 Å². The van der Waals surface area contributed by atoms with Gasteiger partial charge < -0.3 is 10.9 Å². The van der Waals surface area contributed by atoms with Crippen LogP contribution in [0.5, 0.6) is 11.5 Å². The van der Waals surface area contributed by atoms with Crippen molar-refractivity contribution >= 4 is 10.1 Å². The minimum absolute atomic E-state index is 0. The Morgan fingerprint density at radius 2 is 1.23 bits per heavy atom. The first kappa shape index (κ1) is 26.1. The number of rotatable bonds is 15. The van der Waals surface area contributed by atoms with Crippen LogP contribution in [0.25, 0.3) is 0 Å². The minimum atomic E-state index is -3.85. The van der Waals surface area contributed by atoms with Gasteiger partial charge in [-0.05, 0) is 30.7 Å². The standard InChI is InChI=1S/C24H34O4S.H3N/c1-2-3-4-5-6-7-8-9-10-16-21-27-29(25,26)24-20-15-14-19-23(24)28-22-17-12-11-13-18-22;/h11-15,17-20H,2-10,16,21H2,1H3;1H3. The van der Waals surface area contributed by atoms with Crippen LogP contribution < -0.4 is 10.9 Å². The molecule has 0 bridgehead atoms. The predicted octanol–water partition coefficient (Wildman–Crippen LogP) is 7.27. The largest absolute Gasteiger partial charge is 0.456 e. The summed E-state index contributed by atoms with van der Waals surface area (Å²) in [4.78, 5) is 0.0657. The van der Waals surface area contributed by atoms with E-state index < -0.39 is 10.1 Å². The third-order valence-electron chi connectivity index (χ3n) is 4.83. The van der Waals surface area contributed by atoms with E-state index in [2.05, 4.69) is 6.92 Å². The Kier molecular flexibility index (Phi) is 13.1. The lowest BCUT2D eigenvalue weighted by molar-refractivity contribution is 0.304. The number of para-hydroxylation sites is 2. The number of hydrogen-bond acceptors (Lipinski definition) is 5. The fraction of sp³-hybridized carbons (Fsp3) is 0.500. The molecule has 0 fully saturated rings. The van der Waals surface area contributed by atoms with Crippen LogP contribution in [0, 0.1) is 0 Å². The quantitative estimate of drug-likeness (QED) is 0.235. The molecular weight excluding hydrogens is 398 g/mol. The topological polar surface area (TPSA) is 87.6 Å². The molecule has 168 valence electrons. The lowest BCUT2D eigenvalue weighted by Gasteiger charge is -2.11. The van der Waals surface area contributed by atoms with Gasteiger partial charge in [0.2, 0.25) is 0 Å². The summed E-state index contributed by atoms with van der Waals surface area (Å²) in [6.45, 7) is 2.44. The molecule has 2 rings (SSSR count). The molecule has 5 nitrogen and oxygen atoms in total. The molecular formula is C24H37NO4S. The highest BCUT2D eigenvalue weighted by Crippen LogP contribution is 2.29. The maximum absolute atomic E-state index is 12.6. The van der Waals surface area contributed by atoms with Crippen molar-refractivity contribution in [1.29, 1.82) is 0 Å². The Balaban J connectivity index is 0.00000450. The van der Waals surface area contributed by atoms with Crippen LogP contribution in [-0.4, -0.2) is 15.0 Å². The second-order valence-electron chi connectivity index (χ2n) is 7.32. The van der Waals surface area contributed by atoms with Crippen LogP contribution in [0.3, 0.4) is 0 Å². The Labute approximate surface area is 182 Å². The molecule has 2 aromatic rings. The third kappa shape index (κ3) is 9.74. The van der Waals surface area contributed by atoms with Crippen LogP contribution >= 0.6 is 0 Å². The highest BCUT2D eigenvalue weighted by atomic mass is 32.2. The molecule has 0 aromatic heterocycles. The molecule has 2 aromatic carbocycles. The van der Waals surface area contributed by atoms with Crippen LogP contribution in [-0.2, 0) is 14.3 Å². The summed E-state index contributed by atoms with van der Waals surface area (Å²) in [7, 11) is -3.85. The first-order valence-electron chi connectivity index (χ1n) is 10.8. The molecule has 6 heteroatoms. The van der Waals surface area contributed by atoms with Gasteiger partial charge in [0.05, 0.1) is 6.61 Å². The van der Waals surface area contributed by atoms with E-state index in [1.165, 1.54) is 51.0 Å². The van der Waals surface area contributed by atoms with Gasteiger partial charge in [-0.1, -0.05) is 95.0 Å². The fourth-order valence-corrected chi connectivity index (χ4v) is 4.24. The van der Waals surface area contributed by atoms with Crippen molar-refractivity contribution < 1.29 is 17.3 Å². The first-order valence-corrected chi connectivity index (χ1v) is 12.3. The molecule has 0 saturated heterocycles. The van der Waals surface area contributed by atoms with E-state index in [0.717, 1.165) is 19.3 Å². The van der Waals surface area contributed by atoms with Crippen LogP contribution in [0.1, 0.15) is 71.1 Å². The van der Waals surface area contributed by atoms with Crippen molar-refractivity contribution in [2.24, 2.45) is 0 Å². The number of unbranched alkanes of at least 4 members (excludes halogenated alkanes) is 9. The molecule has 0 saturated carbocycles. The maximum Gasteiger partial charge on any atom is 0.300 e. The van der Waals surface area contributed by atoms with Crippen LogP contribution in [0.2, 0.25) is 0 Å². The monoisotopic (exact) mass is 435 g/mol. The van der Waals surface area contributed by atoms with Gasteiger partial charge in [-0.2, -0.15) is 8.42 Å². The molecule has 0 atom stereocenters. The molecule has 30 heavy (non-hydrogen) atoms. The van der Waals surface area contributed by atoms with Gasteiger partial charge in [-0.15, -0.1) is 0 Å². The van der Waals surface area contributed by atoms with Crippen molar-refractivity contribution in [3.05, 3.63) is 54.6 Å². The molecule has 3 N–H and O–H groups in total. The Morgan fingerprint density at radius 3 is 1.87 bits per heavy atom. The van der Waals surface area contributed by atoms with Crippen LogP contribution in [0.4, 0.5) is 0 Å². The minimum Gasteiger partial charge on any atom is -0.456 e. The van der Waals surface area contributed by atoms with Gasteiger partial charge in [-0.3, -0.25) is 4.18 Å². The van der Waals surface area contributed by atoms with Crippen molar-refractivity contribution in [1.82, 2.24) is 6.15 Å². The van der Waals surface area contributed by atoms with Gasteiger partial charge in [0.25, 0.3) is 0 Å².